The van der Waals surface area contributed by atoms with Crippen molar-refractivity contribution in [1.29, 1.82) is 0 Å². The molecule has 11 heavy (non-hydrogen) atoms. The number of aliphatic hydroxyl groups excluding tert-OH is 1. The van der Waals surface area contributed by atoms with Gasteiger partial charge in [-0.1, -0.05) is 12.2 Å². The summed E-state index contributed by atoms with van der Waals surface area (Å²) in [7, 11) is 0. The molecule has 0 aliphatic carbocycles. The van der Waals surface area contributed by atoms with Gasteiger partial charge in [-0.05, 0) is 12.2 Å². The maximum atomic E-state index is 10.1. The summed E-state index contributed by atoms with van der Waals surface area (Å²) in [4.78, 5) is 10.1. The van der Waals surface area contributed by atoms with E-state index >= 15 is 0 Å². The lowest BCUT2D eigenvalue weighted by molar-refractivity contribution is -0.146. The zero-order valence-corrected chi connectivity index (χ0v) is 7.00. The van der Waals surface area contributed by atoms with E-state index in [2.05, 4.69) is 12.6 Å². The van der Waals surface area contributed by atoms with E-state index in [1.165, 1.54) is 0 Å². The van der Waals surface area contributed by atoms with Crippen molar-refractivity contribution >= 4 is 18.6 Å². The third kappa shape index (κ3) is 5.94. The van der Waals surface area contributed by atoms with Crippen molar-refractivity contribution in [1.82, 2.24) is 0 Å². The van der Waals surface area contributed by atoms with E-state index in [0.717, 1.165) is 12.2 Å². The summed E-state index contributed by atoms with van der Waals surface area (Å²) in [6, 6.07) is 0. The third-order valence-corrected chi connectivity index (χ3v) is 1.37. The van der Waals surface area contributed by atoms with Gasteiger partial charge in [0.1, 0.15) is 0 Å². The fourth-order valence-electron chi connectivity index (χ4n) is 0.518. The quantitative estimate of drug-likeness (QED) is 0.427. The minimum Gasteiger partial charge on any atom is -0.479 e. The topological polar surface area (TPSA) is 57.5 Å². The molecule has 2 N–H and O–H groups in total. The van der Waals surface area contributed by atoms with E-state index in [1.807, 2.05) is 0 Å². The first kappa shape index (κ1) is 10.5. The van der Waals surface area contributed by atoms with Crippen LogP contribution in [0.3, 0.4) is 0 Å². The van der Waals surface area contributed by atoms with Gasteiger partial charge in [0.25, 0.3) is 0 Å². The predicted molar refractivity (Wildman–Crippen MR) is 45.9 cm³/mol. The van der Waals surface area contributed by atoms with Crippen LogP contribution in [0.1, 0.15) is 12.8 Å². The standard InChI is InChI=1S/C7H12O3S/c8-6(7(9)10)4-2-1-3-5-11/h1-2,6,8,11H,3-5H2,(H,9,10). The highest BCUT2D eigenvalue weighted by Gasteiger charge is 2.09. The van der Waals surface area contributed by atoms with Gasteiger partial charge in [-0.3, -0.25) is 0 Å². The Kier molecular flexibility index (Phi) is 5.97. The molecular formula is C7H12O3S. The van der Waals surface area contributed by atoms with Gasteiger partial charge in [0, 0.05) is 6.42 Å². The zero-order valence-electron chi connectivity index (χ0n) is 6.10. The van der Waals surface area contributed by atoms with Crippen LogP contribution in [0.5, 0.6) is 0 Å². The maximum Gasteiger partial charge on any atom is 0.332 e. The van der Waals surface area contributed by atoms with Crippen LogP contribution in [0.25, 0.3) is 0 Å². The molecule has 0 spiro atoms. The van der Waals surface area contributed by atoms with Crippen molar-refractivity contribution in [2.75, 3.05) is 5.75 Å². The van der Waals surface area contributed by atoms with Crippen molar-refractivity contribution in [3.8, 4) is 0 Å². The molecule has 64 valence electrons. The van der Waals surface area contributed by atoms with E-state index in [0.29, 0.717) is 0 Å². The number of carboxylic acid groups (broad SMARTS) is 1. The van der Waals surface area contributed by atoms with Crippen LogP contribution in [-0.2, 0) is 4.79 Å². The van der Waals surface area contributed by atoms with Crippen molar-refractivity contribution in [2.45, 2.75) is 18.9 Å². The van der Waals surface area contributed by atoms with Crippen LogP contribution in [-0.4, -0.2) is 28.0 Å². The minimum absolute atomic E-state index is 0.170. The highest BCUT2D eigenvalue weighted by Crippen LogP contribution is 1.95. The van der Waals surface area contributed by atoms with E-state index < -0.39 is 12.1 Å². The highest BCUT2D eigenvalue weighted by atomic mass is 32.1. The van der Waals surface area contributed by atoms with Gasteiger partial charge in [-0.15, -0.1) is 0 Å². The molecule has 0 aromatic heterocycles. The predicted octanol–water partition coefficient (Wildman–Crippen LogP) is 0.698. The van der Waals surface area contributed by atoms with Crippen LogP contribution in [0, 0.1) is 0 Å². The van der Waals surface area contributed by atoms with Gasteiger partial charge in [0.05, 0.1) is 0 Å². The molecule has 1 unspecified atom stereocenters. The van der Waals surface area contributed by atoms with Crippen LogP contribution in [0.4, 0.5) is 0 Å². The number of carbonyl (C=O) groups is 1. The molecule has 0 heterocycles. The number of hydrogen-bond acceptors (Lipinski definition) is 3. The lowest BCUT2D eigenvalue weighted by Gasteiger charge is -1.98. The monoisotopic (exact) mass is 176 g/mol. The Morgan fingerprint density at radius 3 is 2.64 bits per heavy atom. The summed E-state index contributed by atoms with van der Waals surface area (Å²) >= 11 is 3.96. The van der Waals surface area contributed by atoms with Gasteiger partial charge in [-0.2, -0.15) is 12.6 Å². The molecular weight excluding hydrogens is 164 g/mol. The van der Waals surface area contributed by atoms with Crippen LogP contribution in [0.2, 0.25) is 0 Å². The molecule has 0 saturated heterocycles. The van der Waals surface area contributed by atoms with E-state index in [-0.39, 0.29) is 6.42 Å². The summed E-state index contributed by atoms with van der Waals surface area (Å²) in [6.45, 7) is 0. The van der Waals surface area contributed by atoms with Crippen molar-refractivity contribution < 1.29 is 15.0 Å². The first-order chi connectivity index (χ1) is 5.18. The number of allylic oxidation sites excluding steroid dienone is 1. The smallest absolute Gasteiger partial charge is 0.332 e. The molecule has 0 amide bonds. The second kappa shape index (κ2) is 6.24. The van der Waals surface area contributed by atoms with Crippen LogP contribution in [0.15, 0.2) is 12.2 Å². The van der Waals surface area contributed by atoms with Gasteiger partial charge in [0.15, 0.2) is 6.10 Å². The molecule has 4 heteroatoms. The fraction of sp³-hybridized carbons (Fsp3) is 0.571. The largest absolute Gasteiger partial charge is 0.479 e. The average molecular weight is 176 g/mol. The summed E-state index contributed by atoms with van der Waals surface area (Å²) in [5.41, 5.74) is 0. The molecule has 0 radical (unpaired) electrons. The van der Waals surface area contributed by atoms with Crippen molar-refractivity contribution in [3.63, 3.8) is 0 Å². The average Bonchev–Trinajstić information content (AvgIpc) is 1.97. The van der Waals surface area contributed by atoms with Crippen LogP contribution >= 0.6 is 12.6 Å². The molecule has 0 fully saturated rings. The third-order valence-electron chi connectivity index (χ3n) is 1.11. The van der Waals surface area contributed by atoms with Gasteiger partial charge in [0.2, 0.25) is 0 Å². The molecule has 0 aliphatic rings. The lowest BCUT2D eigenvalue weighted by Crippen LogP contribution is -2.17. The van der Waals surface area contributed by atoms with Gasteiger partial charge >= 0.3 is 5.97 Å². The Labute approximate surface area is 71.1 Å². The minimum atomic E-state index is -1.27. The van der Waals surface area contributed by atoms with E-state index in [4.69, 9.17) is 10.2 Å². The molecule has 0 bridgehead atoms. The Balaban J connectivity index is 3.44. The number of aliphatic carboxylic acids is 1. The Bertz CT molecular complexity index is 145. The summed E-state index contributed by atoms with van der Waals surface area (Å²) < 4.78 is 0. The van der Waals surface area contributed by atoms with Gasteiger partial charge in [-0.25, -0.2) is 4.79 Å². The summed E-state index contributed by atoms with van der Waals surface area (Å²) in [5.74, 6) is -0.444. The van der Waals surface area contributed by atoms with E-state index in [1.54, 1.807) is 12.2 Å². The number of carboxylic acids is 1. The van der Waals surface area contributed by atoms with Gasteiger partial charge < -0.3 is 10.2 Å². The summed E-state index contributed by atoms with van der Waals surface area (Å²) in [6.07, 6.45) is 3.15. The van der Waals surface area contributed by atoms with Crippen molar-refractivity contribution in [3.05, 3.63) is 12.2 Å². The molecule has 1 atom stereocenters. The molecule has 0 saturated carbocycles. The molecule has 0 rings (SSSR count). The normalized spacial score (nSPS) is 13.6. The molecule has 0 aliphatic heterocycles. The van der Waals surface area contributed by atoms with Crippen molar-refractivity contribution in [2.24, 2.45) is 0 Å². The second-order valence-electron chi connectivity index (χ2n) is 2.07. The first-order valence-corrected chi connectivity index (χ1v) is 3.98. The molecule has 0 aromatic rings. The summed E-state index contributed by atoms with van der Waals surface area (Å²) in [5, 5.41) is 17.0. The second-order valence-corrected chi connectivity index (χ2v) is 2.52. The maximum absolute atomic E-state index is 10.1. The lowest BCUT2D eigenvalue weighted by atomic mass is 10.2. The van der Waals surface area contributed by atoms with E-state index in [9.17, 15) is 4.79 Å². The SMILES string of the molecule is O=C(O)C(O)CC=CCCS. The Morgan fingerprint density at radius 2 is 2.18 bits per heavy atom. The molecule has 0 aromatic carbocycles. The number of hydrogen-bond donors (Lipinski definition) is 3. The number of rotatable bonds is 5. The highest BCUT2D eigenvalue weighted by molar-refractivity contribution is 7.80. The number of aliphatic hydroxyl groups is 1. The molecule has 3 nitrogen and oxygen atoms in total. The number of thiol groups is 1. The Hall–Kier alpha value is -0.480. The Morgan fingerprint density at radius 1 is 1.55 bits per heavy atom. The first-order valence-electron chi connectivity index (χ1n) is 3.35. The van der Waals surface area contributed by atoms with Crippen LogP contribution < -0.4 is 0 Å². The fourth-order valence-corrected chi connectivity index (χ4v) is 0.667. The zero-order chi connectivity index (χ0) is 8.69.